The van der Waals surface area contributed by atoms with Crippen molar-refractivity contribution in [2.45, 2.75) is 13.3 Å². The van der Waals surface area contributed by atoms with E-state index in [0.717, 1.165) is 16.5 Å². The van der Waals surface area contributed by atoms with Gasteiger partial charge in [-0.15, -0.1) is 0 Å². The van der Waals surface area contributed by atoms with Crippen molar-refractivity contribution >= 4 is 45.1 Å². The van der Waals surface area contributed by atoms with Crippen molar-refractivity contribution in [1.29, 1.82) is 0 Å². The van der Waals surface area contributed by atoms with Crippen LogP contribution in [0.15, 0.2) is 46.9 Å². The molecule has 0 aromatic heterocycles. The molecule has 2 aromatic rings. The standard InChI is InChI=1S/C20H22BrN3O5S/c1-3-13-8-9-15(14(21)10-13)28-12-19(26)23-24-20(30)22-18(25)11-29-17-7-5-4-6-16(17)27-2/h4-10H,3,11-12H2,1-2H3,(H,23,26)(H2,22,24,25,30). The third-order valence-corrected chi connectivity index (χ3v) is 4.58. The Kier molecular flexibility index (Phi) is 9.36. The first kappa shape index (κ1) is 23.4. The second-order valence-corrected chi connectivity index (χ2v) is 7.16. The average Bonchev–Trinajstić information content (AvgIpc) is 2.75. The number of benzene rings is 2. The second-order valence-electron chi connectivity index (χ2n) is 5.90. The SMILES string of the molecule is CCc1ccc(OCC(=O)NNC(=S)NC(=O)COc2ccccc2OC)c(Br)c1. The molecule has 0 bridgehead atoms. The molecule has 0 unspecified atom stereocenters. The van der Waals surface area contributed by atoms with Crippen molar-refractivity contribution in [2.24, 2.45) is 0 Å². The maximum absolute atomic E-state index is 11.9. The van der Waals surface area contributed by atoms with Gasteiger partial charge in [0.2, 0.25) is 0 Å². The molecule has 0 radical (unpaired) electrons. The monoisotopic (exact) mass is 495 g/mol. The number of carbonyl (C=O) groups excluding carboxylic acids is 2. The Morgan fingerprint density at radius 3 is 2.30 bits per heavy atom. The van der Waals surface area contributed by atoms with Crippen molar-refractivity contribution in [3.05, 3.63) is 52.5 Å². The molecule has 3 N–H and O–H groups in total. The fraction of sp³-hybridized carbons (Fsp3) is 0.250. The molecule has 0 fully saturated rings. The normalized spacial score (nSPS) is 9.97. The van der Waals surface area contributed by atoms with Crippen LogP contribution in [0.3, 0.4) is 0 Å². The van der Waals surface area contributed by atoms with Crippen LogP contribution in [-0.4, -0.2) is 37.3 Å². The summed E-state index contributed by atoms with van der Waals surface area (Å²) in [5, 5.41) is 2.31. The smallest absolute Gasteiger partial charge is 0.276 e. The highest BCUT2D eigenvalue weighted by Crippen LogP contribution is 2.26. The minimum absolute atomic E-state index is 0.0783. The summed E-state index contributed by atoms with van der Waals surface area (Å²) in [4.78, 5) is 23.8. The first-order chi connectivity index (χ1) is 14.4. The maximum Gasteiger partial charge on any atom is 0.276 e. The average molecular weight is 496 g/mol. The number of amides is 2. The van der Waals surface area contributed by atoms with Crippen LogP contribution in [-0.2, 0) is 16.0 Å². The van der Waals surface area contributed by atoms with Crippen LogP contribution in [0.2, 0.25) is 0 Å². The lowest BCUT2D eigenvalue weighted by Gasteiger charge is -2.13. The third kappa shape index (κ3) is 7.53. The highest BCUT2D eigenvalue weighted by atomic mass is 79.9. The fourth-order valence-electron chi connectivity index (χ4n) is 2.26. The van der Waals surface area contributed by atoms with Crippen LogP contribution < -0.4 is 30.4 Å². The Labute approximate surface area is 188 Å². The molecule has 8 nitrogen and oxygen atoms in total. The Morgan fingerprint density at radius 2 is 1.63 bits per heavy atom. The van der Waals surface area contributed by atoms with Crippen molar-refractivity contribution in [2.75, 3.05) is 20.3 Å². The summed E-state index contributed by atoms with van der Waals surface area (Å²) < 4.78 is 16.8. The van der Waals surface area contributed by atoms with Crippen LogP contribution in [0.4, 0.5) is 0 Å². The third-order valence-electron chi connectivity index (χ3n) is 3.76. The molecule has 0 saturated heterocycles. The Bertz CT molecular complexity index is 910. The molecular weight excluding hydrogens is 474 g/mol. The zero-order chi connectivity index (χ0) is 21.9. The summed E-state index contributed by atoms with van der Waals surface area (Å²) in [5.74, 6) is 0.519. The van der Waals surface area contributed by atoms with Crippen molar-refractivity contribution in [3.8, 4) is 17.2 Å². The maximum atomic E-state index is 11.9. The number of hydrazine groups is 1. The number of aryl methyl sites for hydroxylation is 1. The van der Waals surface area contributed by atoms with Crippen LogP contribution in [0, 0.1) is 0 Å². The molecule has 2 rings (SSSR count). The molecule has 0 saturated carbocycles. The van der Waals surface area contributed by atoms with E-state index < -0.39 is 11.8 Å². The van der Waals surface area contributed by atoms with Gasteiger partial charge >= 0.3 is 0 Å². The molecular formula is C20H22BrN3O5S. The molecule has 2 aromatic carbocycles. The summed E-state index contributed by atoms with van der Waals surface area (Å²) >= 11 is 8.38. The number of halogens is 1. The van der Waals surface area contributed by atoms with Gasteiger partial charge in [0.05, 0.1) is 11.6 Å². The van der Waals surface area contributed by atoms with Crippen LogP contribution in [0.5, 0.6) is 17.2 Å². The minimum Gasteiger partial charge on any atom is -0.493 e. The Morgan fingerprint density at radius 1 is 0.967 bits per heavy atom. The van der Waals surface area contributed by atoms with E-state index in [1.54, 1.807) is 30.3 Å². The highest BCUT2D eigenvalue weighted by molar-refractivity contribution is 9.10. The molecule has 160 valence electrons. The Hall–Kier alpha value is -2.85. The lowest BCUT2D eigenvalue weighted by Crippen LogP contribution is -2.50. The van der Waals surface area contributed by atoms with Crippen LogP contribution in [0.25, 0.3) is 0 Å². The van der Waals surface area contributed by atoms with Crippen molar-refractivity contribution in [3.63, 3.8) is 0 Å². The predicted octanol–water partition coefficient (Wildman–Crippen LogP) is 2.50. The zero-order valence-corrected chi connectivity index (χ0v) is 18.9. The number of nitrogens with one attached hydrogen (secondary N) is 3. The molecule has 0 heterocycles. The van der Waals surface area contributed by atoms with Crippen molar-refractivity contribution in [1.82, 2.24) is 16.2 Å². The number of methoxy groups -OCH3 is 1. The van der Waals surface area contributed by atoms with Gasteiger partial charge < -0.3 is 14.2 Å². The highest BCUT2D eigenvalue weighted by Gasteiger charge is 2.10. The molecule has 0 spiro atoms. The van der Waals surface area contributed by atoms with Crippen LogP contribution >= 0.6 is 28.1 Å². The van der Waals surface area contributed by atoms with E-state index >= 15 is 0 Å². The lowest BCUT2D eigenvalue weighted by molar-refractivity contribution is -0.124. The first-order valence-electron chi connectivity index (χ1n) is 8.98. The van der Waals surface area contributed by atoms with Gasteiger partial charge in [0, 0.05) is 0 Å². The van der Waals surface area contributed by atoms with E-state index in [9.17, 15) is 9.59 Å². The number of hydrogen-bond donors (Lipinski definition) is 3. The van der Waals surface area contributed by atoms with Gasteiger partial charge in [0.1, 0.15) is 5.75 Å². The molecule has 2 amide bonds. The lowest BCUT2D eigenvalue weighted by atomic mass is 10.2. The largest absolute Gasteiger partial charge is 0.493 e. The molecule has 0 aliphatic rings. The fourth-order valence-corrected chi connectivity index (χ4v) is 2.97. The van der Waals surface area contributed by atoms with Gasteiger partial charge in [-0.3, -0.25) is 25.8 Å². The van der Waals surface area contributed by atoms with Gasteiger partial charge in [-0.25, -0.2) is 0 Å². The van der Waals surface area contributed by atoms with Gasteiger partial charge in [0.15, 0.2) is 29.8 Å². The topological polar surface area (TPSA) is 97.9 Å². The summed E-state index contributed by atoms with van der Waals surface area (Å²) in [6, 6.07) is 12.6. The first-order valence-corrected chi connectivity index (χ1v) is 10.2. The van der Waals surface area contributed by atoms with Gasteiger partial charge in [-0.1, -0.05) is 25.1 Å². The Balaban J connectivity index is 1.69. The van der Waals surface area contributed by atoms with Crippen molar-refractivity contribution < 1.29 is 23.8 Å². The number of rotatable bonds is 8. The summed E-state index contributed by atoms with van der Waals surface area (Å²) in [5.41, 5.74) is 5.93. The zero-order valence-electron chi connectivity index (χ0n) is 16.5. The van der Waals surface area contributed by atoms with Gasteiger partial charge in [-0.2, -0.15) is 0 Å². The molecule has 30 heavy (non-hydrogen) atoms. The molecule has 10 heteroatoms. The summed E-state index contributed by atoms with van der Waals surface area (Å²) in [7, 11) is 1.51. The van der Waals surface area contributed by atoms with E-state index in [1.165, 1.54) is 7.11 Å². The van der Waals surface area contributed by atoms with E-state index in [4.69, 9.17) is 26.4 Å². The number of ether oxygens (including phenoxy) is 3. The molecule has 0 aliphatic carbocycles. The van der Waals surface area contributed by atoms with E-state index in [0.29, 0.717) is 17.2 Å². The number of para-hydroxylation sites is 2. The van der Waals surface area contributed by atoms with Gasteiger partial charge in [0.25, 0.3) is 11.8 Å². The second kappa shape index (κ2) is 12.0. The van der Waals surface area contributed by atoms with Crippen LogP contribution in [0.1, 0.15) is 12.5 Å². The molecule has 0 aliphatic heterocycles. The summed E-state index contributed by atoms with van der Waals surface area (Å²) in [6.45, 7) is 1.54. The summed E-state index contributed by atoms with van der Waals surface area (Å²) in [6.07, 6.45) is 0.899. The van der Waals surface area contributed by atoms with E-state index in [1.807, 2.05) is 19.1 Å². The van der Waals surface area contributed by atoms with E-state index in [2.05, 4.69) is 32.1 Å². The van der Waals surface area contributed by atoms with Gasteiger partial charge in [-0.05, 0) is 64.4 Å². The van der Waals surface area contributed by atoms with E-state index in [-0.39, 0.29) is 18.3 Å². The molecule has 0 atom stereocenters. The number of hydrogen-bond acceptors (Lipinski definition) is 6. The predicted molar refractivity (Wildman–Crippen MR) is 120 cm³/mol. The minimum atomic E-state index is -0.496. The number of thiocarbonyl (C=S) groups is 1. The number of carbonyl (C=O) groups is 2. The quantitative estimate of drug-likeness (QED) is 0.382.